The van der Waals surface area contributed by atoms with Crippen LogP contribution < -0.4 is 20.9 Å². The molecule has 3 rings (SSSR count). The molecule has 0 fully saturated rings. The summed E-state index contributed by atoms with van der Waals surface area (Å²) >= 11 is 17.9. The Labute approximate surface area is 199 Å². The van der Waals surface area contributed by atoms with E-state index in [0.717, 1.165) is 19.7 Å². The van der Waals surface area contributed by atoms with Crippen molar-refractivity contribution in [3.8, 4) is 5.75 Å². The Morgan fingerprint density at radius 2 is 1.80 bits per heavy atom. The molecule has 2 amide bonds. The Hall–Kier alpha value is -2.20. The van der Waals surface area contributed by atoms with Gasteiger partial charge in [0.15, 0.2) is 11.7 Å². The second kappa shape index (κ2) is 10.2. The molecule has 0 saturated carbocycles. The van der Waals surface area contributed by atoms with Crippen molar-refractivity contribution in [1.82, 2.24) is 16.2 Å². The van der Waals surface area contributed by atoms with E-state index in [2.05, 4.69) is 48.0 Å². The van der Waals surface area contributed by atoms with Crippen molar-refractivity contribution >= 4 is 83.4 Å². The summed E-state index contributed by atoms with van der Waals surface area (Å²) in [5.74, 6) is -0.451. The van der Waals surface area contributed by atoms with E-state index >= 15 is 0 Å². The van der Waals surface area contributed by atoms with Crippen molar-refractivity contribution in [3.05, 3.63) is 74.1 Å². The molecule has 0 saturated heterocycles. The highest BCUT2D eigenvalue weighted by Crippen LogP contribution is 2.34. The fourth-order valence-electron chi connectivity index (χ4n) is 2.52. The van der Waals surface area contributed by atoms with Gasteiger partial charge in [0, 0.05) is 4.47 Å². The first-order valence-electron chi connectivity index (χ1n) is 8.50. The second-order valence-corrected chi connectivity index (χ2v) is 8.49. The lowest BCUT2D eigenvalue weighted by atomic mass is 10.1. The second-order valence-electron chi connectivity index (χ2n) is 5.97. The zero-order valence-corrected chi connectivity index (χ0v) is 19.9. The van der Waals surface area contributed by atoms with Gasteiger partial charge in [-0.15, -0.1) is 0 Å². The summed E-state index contributed by atoms with van der Waals surface area (Å²) in [4.78, 5) is 24.2. The molecule has 0 radical (unpaired) electrons. The minimum atomic E-state index is -0.486. The van der Waals surface area contributed by atoms with Crippen LogP contribution in [0.1, 0.15) is 10.4 Å². The van der Waals surface area contributed by atoms with Gasteiger partial charge in [0.05, 0.1) is 15.1 Å². The van der Waals surface area contributed by atoms with Gasteiger partial charge in [-0.25, -0.2) is 0 Å². The SMILES string of the molecule is O=C(COc1ccc2cc(Br)ccc2c1Br)NC(=S)NNC(=O)c1ccccc1Cl. The van der Waals surface area contributed by atoms with Gasteiger partial charge in [0.25, 0.3) is 11.8 Å². The van der Waals surface area contributed by atoms with E-state index in [1.165, 1.54) is 0 Å². The first-order valence-corrected chi connectivity index (χ1v) is 10.9. The van der Waals surface area contributed by atoms with Crippen LogP contribution >= 0.6 is 55.7 Å². The zero-order valence-electron chi connectivity index (χ0n) is 15.2. The van der Waals surface area contributed by atoms with E-state index in [9.17, 15) is 9.59 Å². The summed E-state index contributed by atoms with van der Waals surface area (Å²) in [6.07, 6.45) is 0. The number of hydrogen-bond donors (Lipinski definition) is 3. The van der Waals surface area contributed by atoms with E-state index in [1.807, 2.05) is 24.3 Å². The molecule has 154 valence electrons. The van der Waals surface area contributed by atoms with Crippen molar-refractivity contribution in [2.24, 2.45) is 0 Å². The Bertz CT molecular complexity index is 1140. The molecule has 30 heavy (non-hydrogen) atoms. The average Bonchev–Trinajstić information content (AvgIpc) is 2.71. The van der Waals surface area contributed by atoms with Crippen molar-refractivity contribution in [1.29, 1.82) is 0 Å². The summed E-state index contributed by atoms with van der Waals surface area (Å²) in [6.45, 7) is -0.263. The topological polar surface area (TPSA) is 79.5 Å². The number of thiocarbonyl (C=S) groups is 1. The fraction of sp³-hybridized carbons (Fsp3) is 0.0500. The zero-order chi connectivity index (χ0) is 21.7. The number of hydrazine groups is 1. The third-order valence-electron chi connectivity index (χ3n) is 3.90. The maximum absolute atomic E-state index is 12.1. The van der Waals surface area contributed by atoms with Crippen LogP contribution in [0.3, 0.4) is 0 Å². The molecule has 0 aliphatic heterocycles. The Balaban J connectivity index is 1.51. The van der Waals surface area contributed by atoms with Crippen molar-refractivity contribution < 1.29 is 14.3 Å². The molecule has 0 aromatic heterocycles. The lowest BCUT2D eigenvalue weighted by Crippen LogP contribution is -2.49. The minimum Gasteiger partial charge on any atom is -0.483 e. The third kappa shape index (κ3) is 5.69. The number of rotatable bonds is 4. The third-order valence-corrected chi connectivity index (χ3v) is 5.75. The van der Waals surface area contributed by atoms with E-state index in [0.29, 0.717) is 10.8 Å². The summed E-state index contributed by atoms with van der Waals surface area (Å²) in [7, 11) is 0. The molecule has 3 N–H and O–H groups in total. The molecule has 10 heteroatoms. The van der Waals surface area contributed by atoms with Crippen molar-refractivity contribution in [2.45, 2.75) is 0 Å². The fourth-order valence-corrected chi connectivity index (χ4v) is 3.89. The average molecular weight is 572 g/mol. The number of nitrogens with one attached hydrogen (secondary N) is 3. The van der Waals surface area contributed by atoms with Crippen LogP contribution in [0, 0.1) is 0 Å². The molecular weight excluding hydrogens is 558 g/mol. The molecule has 0 heterocycles. The first-order chi connectivity index (χ1) is 14.3. The van der Waals surface area contributed by atoms with Gasteiger partial charge in [-0.1, -0.05) is 51.8 Å². The van der Waals surface area contributed by atoms with Crippen molar-refractivity contribution in [3.63, 3.8) is 0 Å². The molecule has 0 spiro atoms. The van der Waals surface area contributed by atoms with E-state index in [1.54, 1.807) is 30.3 Å². The molecule has 0 aliphatic rings. The smallest absolute Gasteiger partial charge is 0.271 e. The number of amides is 2. The standard InChI is InChI=1S/C20H14Br2ClN3O3S/c21-12-6-7-13-11(9-12)5-8-16(18(13)22)29-10-17(27)24-20(30)26-25-19(28)14-3-1-2-4-15(14)23/h1-9H,10H2,(H,25,28)(H2,24,26,27,30). The van der Waals surface area contributed by atoms with Crippen LogP contribution in [-0.4, -0.2) is 23.5 Å². The largest absolute Gasteiger partial charge is 0.483 e. The van der Waals surface area contributed by atoms with Crippen LogP contribution in [0.5, 0.6) is 5.75 Å². The van der Waals surface area contributed by atoms with Crippen molar-refractivity contribution in [2.75, 3.05) is 6.61 Å². The van der Waals surface area contributed by atoms with Gasteiger partial charge in [-0.3, -0.25) is 25.8 Å². The van der Waals surface area contributed by atoms with Crippen LogP contribution in [-0.2, 0) is 4.79 Å². The van der Waals surface area contributed by atoms with Crippen LogP contribution in [0.25, 0.3) is 10.8 Å². The van der Waals surface area contributed by atoms with Gasteiger partial charge in [-0.05, 0) is 69.3 Å². The summed E-state index contributed by atoms with van der Waals surface area (Å²) in [6, 6.07) is 16.1. The molecule has 0 unspecified atom stereocenters. The maximum Gasteiger partial charge on any atom is 0.271 e. The Morgan fingerprint density at radius 3 is 2.57 bits per heavy atom. The molecule has 3 aromatic rings. The highest BCUT2D eigenvalue weighted by Gasteiger charge is 2.12. The number of carbonyl (C=O) groups excluding carboxylic acids is 2. The summed E-state index contributed by atoms with van der Waals surface area (Å²) in [5.41, 5.74) is 5.10. The molecule has 3 aromatic carbocycles. The lowest BCUT2D eigenvalue weighted by Gasteiger charge is -2.13. The van der Waals surface area contributed by atoms with Gasteiger partial charge in [0.2, 0.25) is 0 Å². The number of carbonyl (C=O) groups is 2. The van der Waals surface area contributed by atoms with Crippen LogP contribution in [0.2, 0.25) is 5.02 Å². The van der Waals surface area contributed by atoms with Gasteiger partial charge in [-0.2, -0.15) is 0 Å². The first kappa shape index (κ1) is 22.5. The van der Waals surface area contributed by atoms with Gasteiger partial charge >= 0.3 is 0 Å². The van der Waals surface area contributed by atoms with E-state index in [-0.39, 0.29) is 17.3 Å². The Morgan fingerprint density at radius 1 is 1.03 bits per heavy atom. The molecular formula is C20H14Br2ClN3O3S. The maximum atomic E-state index is 12.1. The van der Waals surface area contributed by atoms with Gasteiger partial charge < -0.3 is 4.74 Å². The highest BCUT2D eigenvalue weighted by atomic mass is 79.9. The quantitative estimate of drug-likeness (QED) is 0.312. The van der Waals surface area contributed by atoms with Crippen LogP contribution in [0.15, 0.2) is 63.5 Å². The summed E-state index contributed by atoms with van der Waals surface area (Å²) < 4.78 is 7.30. The normalized spacial score (nSPS) is 10.4. The molecule has 6 nitrogen and oxygen atoms in total. The highest BCUT2D eigenvalue weighted by molar-refractivity contribution is 9.11. The Kier molecular flexibility index (Phi) is 7.65. The number of hydrogen-bond acceptors (Lipinski definition) is 4. The monoisotopic (exact) mass is 569 g/mol. The number of halogens is 3. The lowest BCUT2D eigenvalue weighted by molar-refractivity contribution is -0.121. The van der Waals surface area contributed by atoms with E-state index in [4.69, 9.17) is 28.6 Å². The summed E-state index contributed by atoms with van der Waals surface area (Å²) in [5, 5.41) is 4.62. The molecule has 0 bridgehead atoms. The minimum absolute atomic E-state index is 0.0774. The van der Waals surface area contributed by atoms with Gasteiger partial charge in [0.1, 0.15) is 5.75 Å². The number of ether oxygens (including phenoxy) is 1. The molecule has 0 atom stereocenters. The molecule has 0 aliphatic carbocycles. The number of benzene rings is 3. The predicted octanol–water partition coefficient (Wildman–Crippen LogP) is 4.73. The number of fused-ring (bicyclic) bond motifs is 1. The van der Waals surface area contributed by atoms with E-state index < -0.39 is 11.8 Å². The van der Waals surface area contributed by atoms with Crippen LogP contribution in [0.4, 0.5) is 0 Å². The predicted molar refractivity (Wildman–Crippen MR) is 128 cm³/mol.